The Morgan fingerprint density at radius 1 is 1.18 bits per heavy atom. The van der Waals surface area contributed by atoms with Crippen molar-refractivity contribution in [2.75, 3.05) is 12.4 Å². The number of hydrogen-bond acceptors (Lipinski definition) is 5. The number of carbonyl (C=O) groups excluding carboxylic acids is 1. The molecule has 0 fully saturated rings. The largest absolute Gasteiger partial charge is 0.496 e. The number of hydrogen-bond donors (Lipinski definition) is 2. The molecule has 1 aromatic heterocycles. The number of nitrogens with one attached hydrogen (secondary N) is 1. The molecule has 0 saturated heterocycles. The predicted octanol–water partition coefficient (Wildman–Crippen LogP) is 5.45. The highest BCUT2D eigenvalue weighted by Crippen LogP contribution is 2.32. The van der Waals surface area contributed by atoms with Gasteiger partial charge in [0.15, 0.2) is 0 Å². The zero-order valence-electron chi connectivity index (χ0n) is 18.2. The summed E-state index contributed by atoms with van der Waals surface area (Å²) in [6.45, 7) is 1.99. The summed E-state index contributed by atoms with van der Waals surface area (Å²) < 4.78 is 24.8. The maximum atomic E-state index is 14.0. The third kappa shape index (κ3) is 4.89. The van der Waals surface area contributed by atoms with Crippen molar-refractivity contribution in [3.05, 3.63) is 82.6 Å². The molecule has 172 valence electrons. The predicted molar refractivity (Wildman–Crippen MR) is 128 cm³/mol. The van der Waals surface area contributed by atoms with Crippen molar-refractivity contribution in [3.8, 4) is 28.6 Å². The average Bonchev–Trinajstić information content (AvgIpc) is 3.29. The van der Waals surface area contributed by atoms with Crippen LogP contribution in [0.1, 0.15) is 11.1 Å². The minimum atomic E-state index is -0.814. The van der Waals surface area contributed by atoms with Crippen LogP contribution in [0, 0.1) is 12.7 Å². The van der Waals surface area contributed by atoms with Gasteiger partial charge in [0.2, 0.25) is 5.82 Å². The number of aromatic nitrogens is 2. The number of urea groups is 1. The summed E-state index contributed by atoms with van der Waals surface area (Å²) >= 11 is 5.96. The number of carbonyl (C=O) groups is 1. The third-order valence-electron chi connectivity index (χ3n) is 4.86. The van der Waals surface area contributed by atoms with Crippen LogP contribution in [0.15, 0.2) is 70.2 Å². The van der Waals surface area contributed by atoms with E-state index in [2.05, 4.69) is 20.4 Å². The molecule has 4 rings (SSSR count). The molecule has 0 saturated carbocycles. The Hall–Kier alpha value is -4.24. The number of halogens is 2. The van der Waals surface area contributed by atoms with Gasteiger partial charge in [-0.15, -0.1) is 0 Å². The van der Waals surface area contributed by atoms with E-state index in [4.69, 9.17) is 26.6 Å². The number of aryl methyl sites for hydroxylation is 1. The van der Waals surface area contributed by atoms with Crippen LogP contribution < -0.4 is 15.8 Å². The third-order valence-corrected chi connectivity index (χ3v) is 5.17. The molecule has 0 radical (unpaired) electrons. The molecule has 0 aliphatic rings. The first-order valence-electron chi connectivity index (χ1n) is 10.0. The van der Waals surface area contributed by atoms with Crippen LogP contribution >= 0.6 is 11.6 Å². The molecule has 0 spiro atoms. The number of ether oxygens (including phenoxy) is 1. The second-order valence-corrected chi connectivity index (χ2v) is 7.64. The molecule has 0 unspecified atom stereocenters. The van der Waals surface area contributed by atoms with Gasteiger partial charge >= 0.3 is 6.03 Å². The first-order chi connectivity index (χ1) is 16.4. The van der Waals surface area contributed by atoms with E-state index >= 15 is 0 Å². The van der Waals surface area contributed by atoms with Crippen LogP contribution in [0.3, 0.4) is 0 Å². The van der Waals surface area contributed by atoms with E-state index in [0.717, 1.165) is 11.1 Å². The van der Waals surface area contributed by atoms with E-state index in [1.807, 2.05) is 31.2 Å². The second-order valence-electron chi connectivity index (χ2n) is 7.23. The van der Waals surface area contributed by atoms with Crippen LogP contribution in [0.2, 0.25) is 5.02 Å². The van der Waals surface area contributed by atoms with Crippen molar-refractivity contribution in [2.24, 2.45) is 10.7 Å². The van der Waals surface area contributed by atoms with E-state index in [-0.39, 0.29) is 22.3 Å². The summed E-state index contributed by atoms with van der Waals surface area (Å²) in [5.74, 6) is 0.0367. The van der Waals surface area contributed by atoms with Gasteiger partial charge in [0.25, 0.3) is 5.89 Å². The number of aliphatic imine (C=N–C) groups is 1. The summed E-state index contributed by atoms with van der Waals surface area (Å²) in [5.41, 5.74) is 8.46. The molecule has 10 heteroatoms. The Balaban J connectivity index is 1.55. The molecular formula is C24H19ClFN5O3. The molecule has 0 atom stereocenters. The molecular weight excluding hydrogens is 461 g/mol. The maximum absolute atomic E-state index is 14.0. The number of amides is 2. The number of anilines is 1. The van der Waals surface area contributed by atoms with Crippen molar-refractivity contribution in [2.45, 2.75) is 6.92 Å². The zero-order chi connectivity index (χ0) is 24.2. The summed E-state index contributed by atoms with van der Waals surface area (Å²) in [6.07, 6.45) is 0. The Morgan fingerprint density at radius 2 is 1.94 bits per heavy atom. The van der Waals surface area contributed by atoms with Crippen LogP contribution in [0.4, 0.5) is 14.9 Å². The Morgan fingerprint density at radius 3 is 2.65 bits per heavy atom. The van der Waals surface area contributed by atoms with Gasteiger partial charge < -0.3 is 20.3 Å². The first kappa shape index (κ1) is 22.9. The van der Waals surface area contributed by atoms with Gasteiger partial charge in [-0.1, -0.05) is 52.7 Å². The molecule has 0 aliphatic carbocycles. The molecule has 8 nitrogen and oxygen atoms in total. The Kier molecular flexibility index (Phi) is 6.55. The molecule has 3 aromatic carbocycles. The van der Waals surface area contributed by atoms with Crippen molar-refractivity contribution in [1.29, 1.82) is 0 Å². The SMILES string of the molecule is COc1cc(NC(=O)/N=C(\N)c2c(F)cccc2Cl)ccc1-c1nc(-c2ccc(C)cc2)no1. The lowest BCUT2D eigenvalue weighted by atomic mass is 10.1. The van der Waals surface area contributed by atoms with Crippen LogP contribution in [0.5, 0.6) is 5.75 Å². The van der Waals surface area contributed by atoms with E-state index in [0.29, 0.717) is 22.8 Å². The number of nitrogens with zero attached hydrogens (tertiary/aromatic N) is 3. The van der Waals surface area contributed by atoms with Gasteiger partial charge in [0, 0.05) is 17.3 Å². The summed E-state index contributed by atoms with van der Waals surface area (Å²) in [5, 5.41) is 6.63. The topological polar surface area (TPSA) is 116 Å². The fourth-order valence-corrected chi connectivity index (χ4v) is 3.42. The fourth-order valence-electron chi connectivity index (χ4n) is 3.16. The number of methoxy groups -OCH3 is 1. The Bertz CT molecular complexity index is 1370. The van der Waals surface area contributed by atoms with E-state index in [1.54, 1.807) is 18.2 Å². The zero-order valence-corrected chi connectivity index (χ0v) is 18.9. The van der Waals surface area contributed by atoms with E-state index in [9.17, 15) is 9.18 Å². The van der Waals surface area contributed by atoms with Gasteiger partial charge in [-0.3, -0.25) is 0 Å². The van der Waals surface area contributed by atoms with E-state index < -0.39 is 11.8 Å². The van der Waals surface area contributed by atoms with Crippen molar-refractivity contribution in [3.63, 3.8) is 0 Å². The van der Waals surface area contributed by atoms with Crippen LogP contribution in [0.25, 0.3) is 22.8 Å². The highest BCUT2D eigenvalue weighted by atomic mass is 35.5. The summed E-state index contributed by atoms with van der Waals surface area (Å²) in [7, 11) is 1.47. The number of nitrogens with two attached hydrogens (primary N) is 1. The highest BCUT2D eigenvalue weighted by molar-refractivity contribution is 6.34. The lowest BCUT2D eigenvalue weighted by Gasteiger charge is -2.09. The summed E-state index contributed by atoms with van der Waals surface area (Å²) in [4.78, 5) is 20.5. The second kappa shape index (κ2) is 9.72. The molecule has 2 amide bonds. The molecule has 4 aromatic rings. The normalized spacial score (nSPS) is 11.4. The van der Waals surface area contributed by atoms with Gasteiger partial charge in [0.1, 0.15) is 17.4 Å². The number of amidine groups is 1. The molecule has 0 bridgehead atoms. The van der Waals surface area contributed by atoms with Crippen LogP contribution in [-0.2, 0) is 0 Å². The van der Waals surface area contributed by atoms with Crippen molar-refractivity contribution < 1.29 is 18.4 Å². The Labute approximate surface area is 199 Å². The molecule has 1 heterocycles. The average molecular weight is 480 g/mol. The lowest BCUT2D eigenvalue weighted by Crippen LogP contribution is -2.20. The van der Waals surface area contributed by atoms with Gasteiger partial charge in [-0.25, -0.2) is 9.18 Å². The first-order valence-corrected chi connectivity index (χ1v) is 10.4. The summed E-state index contributed by atoms with van der Waals surface area (Å²) in [6, 6.07) is 15.8. The maximum Gasteiger partial charge on any atom is 0.347 e. The molecule has 34 heavy (non-hydrogen) atoms. The van der Waals surface area contributed by atoms with Gasteiger partial charge in [-0.05, 0) is 31.2 Å². The molecule has 3 N–H and O–H groups in total. The molecule has 0 aliphatic heterocycles. The van der Waals surface area contributed by atoms with Gasteiger partial charge in [-0.2, -0.15) is 9.98 Å². The van der Waals surface area contributed by atoms with Crippen molar-refractivity contribution in [1.82, 2.24) is 10.1 Å². The number of rotatable bonds is 5. The van der Waals surface area contributed by atoms with Crippen LogP contribution in [-0.4, -0.2) is 29.1 Å². The minimum absolute atomic E-state index is 0.0460. The highest BCUT2D eigenvalue weighted by Gasteiger charge is 2.17. The van der Waals surface area contributed by atoms with Gasteiger partial charge in [0.05, 0.1) is 23.3 Å². The lowest BCUT2D eigenvalue weighted by molar-refractivity contribution is 0.259. The number of benzene rings is 3. The van der Waals surface area contributed by atoms with Crippen molar-refractivity contribution >= 4 is 29.2 Å². The monoisotopic (exact) mass is 479 g/mol. The van der Waals surface area contributed by atoms with E-state index in [1.165, 1.54) is 25.3 Å². The smallest absolute Gasteiger partial charge is 0.347 e. The standard InChI is InChI=1S/C24H19ClFN5O3/c1-13-6-8-14(9-7-13)22-30-23(34-31-22)16-11-10-15(12-19(16)33-2)28-24(32)29-21(27)20-17(25)4-3-5-18(20)26/h3-12H,1-2H3,(H3,27,28,29,32). The quantitative estimate of drug-likeness (QED) is 0.290. The fraction of sp³-hybridized carbons (Fsp3) is 0.0833. The minimum Gasteiger partial charge on any atom is -0.496 e.